The van der Waals surface area contributed by atoms with E-state index < -0.39 is 11.7 Å². The molecule has 0 saturated carbocycles. The molecule has 9 heteroatoms. The molecule has 2 heterocycles. The number of para-hydroxylation sites is 2. The van der Waals surface area contributed by atoms with Gasteiger partial charge >= 0.3 is 6.18 Å². The van der Waals surface area contributed by atoms with Crippen LogP contribution in [0.2, 0.25) is 0 Å². The topological polar surface area (TPSA) is 105 Å². The summed E-state index contributed by atoms with van der Waals surface area (Å²) in [6.07, 6.45) is -4.65. The molecule has 0 aliphatic carbocycles. The van der Waals surface area contributed by atoms with Gasteiger partial charge in [0.2, 0.25) is 0 Å². The van der Waals surface area contributed by atoms with E-state index in [0.717, 1.165) is 89.4 Å². The molecule has 0 aliphatic heterocycles. The molecule has 9 aromatic carbocycles. The minimum Gasteiger partial charge on any atom is -0.309 e. The summed E-state index contributed by atoms with van der Waals surface area (Å²) in [5, 5.41) is 43.6. The Hall–Kier alpha value is -9.67. The van der Waals surface area contributed by atoms with Crippen LogP contribution in [0.15, 0.2) is 188 Å². The van der Waals surface area contributed by atoms with Gasteiger partial charge in [0, 0.05) is 32.7 Å². The number of nitriles is 4. The highest BCUT2D eigenvalue weighted by molar-refractivity contribution is 6.13. The molecule has 0 unspecified atom stereocenters. The van der Waals surface area contributed by atoms with Gasteiger partial charge in [-0.25, -0.2) is 0 Å². The number of hydrogen-bond donors (Lipinski definition) is 0. The number of aromatic nitrogens is 2. The Morgan fingerprint density at radius 1 is 0.338 bits per heavy atom. The zero-order valence-electron chi connectivity index (χ0n) is 35.7. The standard InChI is InChI=1S/C59H31F3N6/c60-59(61,62)45-21-22-46(44(28-45)35-66)43-20-26-58(68-54-8-4-2-6-48(54)51-30-42(19-25-57(51)68)40-16-11-37(33-64)12-17-40)52(31-43)49-27-38(34-65)13-23-55(49)67-53-7-3-1-5-47(53)50-29-41(18-24-56(50)67)39-14-9-36(32-63)10-15-39/h1-31H. The van der Waals surface area contributed by atoms with E-state index in [-0.39, 0.29) is 5.56 Å². The summed E-state index contributed by atoms with van der Waals surface area (Å²) in [7, 11) is 0. The van der Waals surface area contributed by atoms with Crippen LogP contribution in [0, 0.1) is 45.3 Å². The van der Waals surface area contributed by atoms with Crippen LogP contribution in [0.25, 0.3) is 99.5 Å². The van der Waals surface area contributed by atoms with E-state index in [2.05, 4.69) is 69.8 Å². The zero-order chi connectivity index (χ0) is 46.7. The van der Waals surface area contributed by atoms with Crippen LogP contribution >= 0.6 is 0 Å². The molecule has 0 amide bonds. The summed E-state index contributed by atoms with van der Waals surface area (Å²) in [4.78, 5) is 0. The second kappa shape index (κ2) is 16.1. The first-order valence-electron chi connectivity index (χ1n) is 21.5. The second-order valence-electron chi connectivity index (χ2n) is 16.5. The van der Waals surface area contributed by atoms with Gasteiger partial charge in [0.25, 0.3) is 0 Å². The van der Waals surface area contributed by atoms with Crippen LogP contribution in [0.4, 0.5) is 13.2 Å². The molecule has 0 N–H and O–H groups in total. The van der Waals surface area contributed by atoms with Gasteiger partial charge in [0.05, 0.1) is 85.5 Å². The van der Waals surface area contributed by atoms with E-state index >= 15 is 0 Å². The first-order valence-corrected chi connectivity index (χ1v) is 21.5. The highest BCUT2D eigenvalue weighted by Crippen LogP contribution is 2.44. The maximum atomic E-state index is 14.0. The lowest BCUT2D eigenvalue weighted by Crippen LogP contribution is -2.05. The van der Waals surface area contributed by atoms with Crippen molar-refractivity contribution in [2.24, 2.45) is 0 Å². The third-order valence-electron chi connectivity index (χ3n) is 12.7. The minimum atomic E-state index is -4.65. The van der Waals surface area contributed by atoms with E-state index in [4.69, 9.17) is 0 Å². The van der Waals surface area contributed by atoms with Gasteiger partial charge < -0.3 is 9.13 Å². The molecule has 0 aliphatic rings. The van der Waals surface area contributed by atoms with E-state index in [1.807, 2.05) is 103 Å². The van der Waals surface area contributed by atoms with E-state index in [1.165, 1.54) is 6.07 Å². The summed E-state index contributed by atoms with van der Waals surface area (Å²) >= 11 is 0. The SMILES string of the molecule is N#Cc1ccc(-c2ccc3c(c2)c2ccccc2n3-c2ccc(C#N)cc2-c2cc(-c3ccc(C(F)(F)F)cc3C#N)ccc2-n2c3ccccc3c3cc(-c4ccc(C#N)cc4)ccc32)cc1. The molecule has 0 spiro atoms. The van der Waals surface area contributed by atoms with Crippen molar-refractivity contribution >= 4 is 43.6 Å². The van der Waals surface area contributed by atoms with Gasteiger partial charge in [0.15, 0.2) is 0 Å². The Balaban J connectivity index is 1.20. The van der Waals surface area contributed by atoms with Crippen LogP contribution < -0.4 is 0 Å². The van der Waals surface area contributed by atoms with Crippen molar-refractivity contribution in [1.29, 1.82) is 21.0 Å². The predicted molar refractivity (Wildman–Crippen MR) is 261 cm³/mol. The molecule has 0 saturated heterocycles. The van der Waals surface area contributed by atoms with Gasteiger partial charge in [0.1, 0.15) is 0 Å². The van der Waals surface area contributed by atoms with Crippen molar-refractivity contribution in [1.82, 2.24) is 9.13 Å². The van der Waals surface area contributed by atoms with Crippen molar-refractivity contribution in [2.45, 2.75) is 6.18 Å². The first kappa shape index (κ1) is 41.1. The number of nitrogens with zero attached hydrogens (tertiary/aromatic N) is 6. The second-order valence-corrected chi connectivity index (χ2v) is 16.5. The number of benzene rings is 9. The maximum Gasteiger partial charge on any atom is 0.416 e. The summed E-state index contributed by atoms with van der Waals surface area (Å²) in [6.45, 7) is 0. The first-order chi connectivity index (χ1) is 33.1. The Morgan fingerprint density at radius 2 is 0.779 bits per heavy atom. The third-order valence-corrected chi connectivity index (χ3v) is 12.7. The maximum absolute atomic E-state index is 14.0. The Morgan fingerprint density at radius 3 is 1.28 bits per heavy atom. The van der Waals surface area contributed by atoms with Crippen LogP contribution in [0.5, 0.6) is 0 Å². The summed E-state index contributed by atoms with van der Waals surface area (Å²) < 4.78 is 46.3. The zero-order valence-corrected chi connectivity index (χ0v) is 35.7. The monoisotopic (exact) mass is 880 g/mol. The van der Waals surface area contributed by atoms with Crippen molar-refractivity contribution in [2.75, 3.05) is 0 Å². The molecular formula is C59H31F3N6. The normalized spacial score (nSPS) is 11.4. The Bertz CT molecular complexity index is 4050. The van der Waals surface area contributed by atoms with E-state index in [9.17, 15) is 34.2 Å². The van der Waals surface area contributed by atoms with Crippen molar-refractivity contribution in [3.05, 3.63) is 216 Å². The number of rotatable bonds is 6. The molecule has 0 atom stereocenters. The average molecular weight is 881 g/mol. The number of fused-ring (bicyclic) bond motifs is 6. The summed E-state index contributed by atoms with van der Waals surface area (Å²) in [5.74, 6) is 0. The summed E-state index contributed by atoms with van der Waals surface area (Å²) in [5.41, 5.74) is 11.6. The molecule has 318 valence electrons. The number of hydrogen-bond acceptors (Lipinski definition) is 4. The van der Waals surface area contributed by atoms with Gasteiger partial charge in [-0.15, -0.1) is 0 Å². The molecule has 6 nitrogen and oxygen atoms in total. The molecular weight excluding hydrogens is 850 g/mol. The van der Waals surface area contributed by atoms with Crippen molar-refractivity contribution in [3.63, 3.8) is 0 Å². The predicted octanol–water partition coefficient (Wildman–Crippen LogP) is 15.1. The van der Waals surface area contributed by atoms with Gasteiger partial charge in [-0.1, -0.05) is 84.9 Å². The lowest BCUT2D eigenvalue weighted by atomic mass is 9.92. The molecule has 11 aromatic rings. The Labute approximate surface area is 387 Å². The van der Waals surface area contributed by atoms with Crippen LogP contribution in [-0.2, 0) is 6.18 Å². The molecule has 68 heavy (non-hydrogen) atoms. The molecule has 0 fully saturated rings. The Kier molecular flexibility index (Phi) is 9.72. The van der Waals surface area contributed by atoms with E-state index in [0.29, 0.717) is 38.9 Å². The highest BCUT2D eigenvalue weighted by atomic mass is 19.4. The van der Waals surface area contributed by atoms with Crippen molar-refractivity contribution in [3.8, 4) is 80.2 Å². The average Bonchev–Trinajstić information content (AvgIpc) is 3.90. The molecule has 2 aromatic heterocycles. The van der Waals surface area contributed by atoms with Crippen molar-refractivity contribution < 1.29 is 13.2 Å². The fourth-order valence-corrected chi connectivity index (χ4v) is 9.49. The van der Waals surface area contributed by atoms with Crippen LogP contribution in [-0.4, -0.2) is 9.13 Å². The lowest BCUT2D eigenvalue weighted by molar-refractivity contribution is -0.137. The van der Waals surface area contributed by atoms with Crippen LogP contribution in [0.1, 0.15) is 27.8 Å². The molecule has 0 bridgehead atoms. The highest BCUT2D eigenvalue weighted by Gasteiger charge is 2.31. The minimum absolute atomic E-state index is 0.128. The smallest absolute Gasteiger partial charge is 0.309 e. The summed E-state index contributed by atoms with van der Waals surface area (Å²) in [6, 6.07) is 66.8. The lowest BCUT2D eigenvalue weighted by Gasteiger charge is -2.20. The fraction of sp³-hybridized carbons (Fsp3) is 0.0169. The van der Waals surface area contributed by atoms with Crippen LogP contribution in [0.3, 0.4) is 0 Å². The molecule has 11 rings (SSSR count). The van der Waals surface area contributed by atoms with Gasteiger partial charge in [-0.3, -0.25) is 0 Å². The van der Waals surface area contributed by atoms with E-state index in [1.54, 1.807) is 30.3 Å². The largest absolute Gasteiger partial charge is 0.416 e. The van der Waals surface area contributed by atoms with Gasteiger partial charge in [-0.2, -0.15) is 34.2 Å². The fourth-order valence-electron chi connectivity index (χ4n) is 9.49. The van der Waals surface area contributed by atoms with Gasteiger partial charge in [-0.05, 0) is 137 Å². The third kappa shape index (κ3) is 6.79. The quantitative estimate of drug-likeness (QED) is 0.166. The number of alkyl halides is 3. The number of halogens is 3. The molecule has 0 radical (unpaired) electrons.